The summed E-state index contributed by atoms with van der Waals surface area (Å²) in [6.45, 7) is 2.79. The van der Waals surface area contributed by atoms with Crippen LogP contribution in [-0.2, 0) is 11.3 Å². The Morgan fingerprint density at radius 1 is 1.16 bits per heavy atom. The minimum Gasteiger partial charge on any atom is -0.349 e. The predicted molar refractivity (Wildman–Crippen MR) is 98.0 cm³/mol. The minimum absolute atomic E-state index is 0.161. The molecule has 4 heteroatoms. The number of benzene rings is 1. The van der Waals surface area contributed by atoms with E-state index in [1.165, 1.54) is 11.1 Å². The van der Waals surface area contributed by atoms with Gasteiger partial charge in [-0.1, -0.05) is 42.8 Å². The summed E-state index contributed by atoms with van der Waals surface area (Å²) in [5.41, 5.74) is 2.40. The quantitative estimate of drug-likeness (QED) is 0.937. The van der Waals surface area contributed by atoms with Crippen molar-refractivity contribution in [1.29, 1.82) is 0 Å². The van der Waals surface area contributed by atoms with Crippen LogP contribution >= 0.6 is 0 Å². The van der Waals surface area contributed by atoms with Gasteiger partial charge < -0.3 is 5.32 Å². The van der Waals surface area contributed by atoms with Gasteiger partial charge in [-0.25, -0.2) is 0 Å². The molecule has 1 spiro atoms. The van der Waals surface area contributed by atoms with Crippen LogP contribution in [0.3, 0.4) is 0 Å². The Bertz CT molecular complexity index is 718. The molecule has 0 unspecified atom stereocenters. The Labute approximate surface area is 149 Å². The average molecular weight is 335 g/mol. The van der Waals surface area contributed by atoms with Gasteiger partial charge in [0.15, 0.2) is 0 Å². The maximum atomic E-state index is 12.3. The van der Waals surface area contributed by atoms with Gasteiger partial charge in [-0.3, -0.25) is 14.7 Å². The molecular weight excluding hydrogens is 310 g/mol. The number of carbonyl (C=O) groups is 1. The summed E-state index contributed by atoms with van der Waals surface area (Å²) in [5, 5.41) is 3.41. The molecule has 0 saturated carbocycles. The van der Waals surface area contributed by atoms with E-state index in [1.807, 2.05) is 18.5 Å². The first-order valence-corrected chi connectivity index (χ1v) is 9.22. The summed E-state index contributed by atoms with van der Waals surface area (Å²) < 4.78 is 0. The van der Waals surface area contributed by atoms with Gasteiger partial charge in [0.1, 0.15) is 0 Å². The summed E-state index contributed by atoms with van der Waals surface area (Å²) >= 11 is 0. The number of amides is 1. The van der Waals surface area contributed by atoms with Crippen LogP contribution in [0.15, 0.2) is 54.9 Å². The third-order valence-corrected chi connectivity index (χ3v) is 5.61. The second-order valence-electron chi connectivity index (χ2n) is 7.41. The van der Waals surface area contributed by atoms with E-state index in [9.17, 15) is 4.79 Å². The summed E-state index contributed by atoms with van der Waals surface area (Å²) in [6, 6.07) is 14.7. The van der Waals surface area contributed by atoms with Gasteiger partial charge in [0, 0.05) is 44.4 Å². The van der Waals surface area contributed by atoms with Crippen molar-refractivity contribution in [2.45, 2.75) is 43.7 Å². The maximum Gasteiger partial charge on any atom is 0.220 e. The van der Waals surface area contributed by atoms with Crippen molar-refractivity contribution >= 4 is 5.91 Å². The predicted octanol–water partition coefficient (Wildman–Crippen LogP) is 3.11. The molecule has 4 rings (SSSR count). The van der Waals surface area contributed by atoms with Crippen LogP contribution in [0.4, 0.5) is 0 Å². The number of hydrogen-bond acceptors (Lipinski definition) is 3. The Balaban J connectivity index is 1.63. The second kappa shape index (κ2) is 6.96. The molecule has 25 heavy (non-hydrogen) atoms. The van der Waals surface area contributed by atoms with Crippen LogP contribution in [0.2, 0.25) is 0 Å². The van der Waals surface area contributed by atoms with Crippen molar-refractivity contribution in [2.75, 3.05) is 13.1 Å². The molecule has 2 aliphatic rings. The molecule has 2 aliphatic heterocycles. The third-order valence-electron chi connectivity index (χ3n) is 5.61. The molecule has 4 nitrogen and oxygen atoms in total. The number of pyridine rings is 1. The molecule has 130 valence electrons. The van der Waals surface area contributed by atoms with Crippen LogP contribution in [0.5, 0.6) is 0 Å². The minimum atomic E-state index is -0.161. The number of aromatic nitrogens is 1. The van der Waals surface area contributed by atoms with Gasteiger partial charge in [-0.15, -0.1) is 0 Å². The number of rotatable bonds is 3. The standard InChI is InChI=1S/C21H25N3O/c25-20-10-4-5-11-21(23-20)16-24(14-17-7-2-1-3-8-17)15-19(21)18-9-6-12-22-13-18/h1-3,6-9,12-13,19H,4-5,10-11,14-16H2,(H,23,25)/t19-,21+/m0/s1. The normalized spacial score (nSPS) is 27.2. The highest BCUT2D eigenvalue weighted by atomic mass is 16.1. The Morgan fingerprint density at radius 3 is 2.84 bits per heavy atom. The zero-order valence-corrected chi connectivity index (χ0v) is 14.5. The molecular formula is C21H25N3O. The molecule has 2 saturated heterocycles. The fourth-order valence-corrected chi connectivity index (χ4v) is 4.48. The van der Waals surface area contributed by atoms with Crippen LogP contribution in [0.1, 0.15) is 42.7 Å². The smallest absolute Gasteiger partial charge is 0.220 e. The van der Waals surface area contributed by atoms with Crippen molar-refractivity contribution in [3.05, 3.63) is 66.0 Å². The van der Waals surface area contributed by atoms with E-state index in [0.29, 0.717) is 12.3 Å². The monoisotopic (exact) mass is 335 g/mol. The van der Waals surface area contributed by atoms with E-state index in [1.54, 1.807) is 0 Å². The number of hydrogen-bond donors (Lipinski definition) is 1. The fraction of sp³-hybridized carbons (Fsp3) is 0.429. The van der Waals surface area contributed by atoms with Crippen LogP contribution in [0.25, 0.3) is 0 Å². The van der Waals surface area contributed by atoms with Crippen LogP contribution in [-0.4, -0.2) is 34.4 Å². The first-order chi connectivity index (χ1) is 12.3. The molecule has 2 aromatic rings. The Hall–Kier alpha value is -2.20. The van der Waals surface area contributed by atoms with Crippen molar-refractivity contribution in [3.63, 3.8) is 0 Å². The molecule has 2 fully saturated rings. The lowest BCUT2D eigenvalue weighted by molar-refractivity contribution is -0.122. The van der Waals surface area contributed by atoms with Crippen molar-refractivity contribution in [1.82, 2.24) is 15.2 Å². The van der Waals surface area contributed by atoms with Crippen LogP contribution < -0.4 is 5.32 Å². The molecule has 2 atom stereocenters. The van der Waals surface area contributed by atoms with Gasteiger partial charge in [0.05, 0.1) is 5.54 Å². The molecule has 1 N–H and O–H groups in total. The summed E-state index contributed by atoms with van der Waals surface area (Å²) in [6.07, 6.45) is 7.58. The van der Waals surface area contributed by atoms with E-state index in [-0.39, 0.29) is 11.4 Å². The van der Waals surface area contributed by atoms with Crippen LogP contribution in [0, 0.1) is 0 Å². The van der Waals surface area contributed by atoms with E-state index in [4.69, 9.17) is 0 Å². The van der Waals surface area contributed by atoms with E-state index < -0.39 is 0 Å². The average Bonchev–Trinajstić information content (AvgIpc) is 2.86. The zero-order valence-electron chi connectivity index (χ0n) is 14.5. The van der Waals surface area contributed by atoms with Gasteiger partial charge in [0.25, 0.3) is 0 Å². The fourth-order valence-electron chi connectivity index (χ4n) is 4.48. The maximum absolute atomic E-state index is 12.3. The van der Waals surface area contributed by atoms with E-state index in [0.717, 1.165) is 38.9 Å². The largest absolute Gasteiger partial charge is 0.349 e. The Morgan fingerprint density at radius 2 is 2.04 bits per heavy atom. The SMILES string of the molecule is O=C1CCCC[C@]2(CN(Cc3ccccc3)C[C@H]2c2cccnc2)N1. The highest BCUT2D eigenvalue weighted by Gasteiger charge is 2.48. The lowest BCUT2D eigenvalue weighted by Crippen LogP contribution is -2.52. The summed E-state index contributed by atoms with van der Waals surface area (Å²) in [7, 11) is 0. The molecule has 1 aromatic heterocycles. The van der Waals surface area contributed by atoms with Gasteiger partial charge in [0.2, 0.25) is 5.91 Å². The third kappa shape index (κ3) is 3.45. The Kier molecular flexibility index (Phi) is 4.53. The zero-order chi connectivity index (χ0) is 17.1. The van der Waals surface area contributed by atoms with Crippen molar-refractivity contribution in [2.24, 2.45) is 0 Å². The highest BCUT2D eigenvalue weighted by molar-refractivity contribution is 5.77. The first-order valence-electron chi connectivity index (χ1n) is 9.22. The summed E-state index contributed by atoms with van der Waals surface area (Å²) in [5.74, 6) is 0.500. The van der Waals surface area contributed by atoms with Gasteiger partial charge in [-0.2, -0.15) is 0 Å². The van der Waals surface area contributed by atoms with Crippen molar-refractivity contribution in [3.8, 4) is 0 Å². The van der Waals surface area contributed by atoms with E-state index in [2.05, 4.69) is 51.6 Å². The molecule has 1 aromatic carbocycles. The number of nitrogens with one attached hydrogen (secondary N) is 1. The lowest BCUT2D eigenvalue weighted by Gasteiger charge is -2.35. The van der Waals surface area contributed by atoms with E-state index >= 15 is 0 Å². The van der Waals surface area contributed by atoms with Gasteiger partial charge >= 0.3 is 0 Å². The number of likely N-dealkylation sites (tertiary alicyclic amines) is 1. The van der Waals surface area contributed by atoms with Gasteiger partial charge in [-0.05, 0) is 30.0 Å². The summed E-state index contributed by atoms with van der Waals surface area (Å²) in [4.78, 5) is 19.2. The second-order valence-corrected chi connectivity index (χ2v) is 7.41. The number of nitrogens with zero attached hydrogens (tertiary/aromatic N) is 2. The number of carbonyl (C=O) groups excluding carboxylic acids is 1. The molecule has 0 bridgehead atoms. The highest BCUT2D eigenvalue weighted by Crippen LogP contribution is 2.41. The first kappa shape index (κ1) is 16.3. The molecule has 1 amide bonds. The topological polar surface area (TPSA) is 45.2 Å². The molecule has 3 heterocycles. The molecule has 0 aliphatic carbocycles. The lowest BCUT2D eigenvalue weighted by atomic mass is 9.79. The van der Waals surface area contributed by atoms with Crippen molar-refractivity contribution < 1.29 is 4.79 Å². The molecule has 0 radical (unpaired) electrons.